The second-order valence-corrected chi connectivity index (χ2v) is 5.38. The van der Waals surface area contributed by atoms with Gasteiger partial charge in [-0.05, 0) is 36.6 Å². The molecule has 0 unspecified atom stereocenters. The molecule has 0 aromatic heterocycles. The molecule has 0 radical (unpaired) electrons. The Morgan fingerprint density at radius 2 is 1.78 bits per heavy atom. The summed E-state index contributed by atoms with van der Waals surface area (Å²) in [7, 11) is 0. The molecule has 2 aromatic carbocycles. The van der Waals surface area contributed by atoms with Crippen LogP contribution in [-0.4, -0.2) is 11.4 Å². The lowest BCUT2D eigenvalue weighted by atomic mass is 9.91. The van der Waals surface area contributed by atoms with E-state index in [9.17, 15) is 4.79 Å². The lowest BCUT2D eigenvalue weighted by Gasteiger charge is -2.26. The van der Waals surface area contributed by atoms with E-state index in [0.717, 1.165) is 6.42 Å². The summed E-state index contributed by atoms with van der Waals surface area (Å²) < 4.78 is 0. The smallest absolute Gasteiger partial charge is 0.217 e. The predicted molar refractivity (Wildman–Crippen MR) is 75.5 cm³/mol. The van der Waals surface area contributed by atoms with Crippen LogP contribution in [0.1, 0.15) is 26.3 Å². The van der Waals surface area contributed by atoms with Crippen molar-refractivity contribution in [3.05, 3.63) is 48.0 Å². The number of hydrogen-bond donors (Lipinski definition) is 1. The van der Waals surface area contributed by atoms with Crippen LogP contribution >= 0.6 is 0 Å². The van der Waals surface area contributed by atoms with Crippen molar-refractivity contribution in [1.29, 1.82) is 0 Å². The van der Waals surface area contributed by atoms with Crippen LogP contribution in [0.4, 0.5) is 0 Å². The molecule has 1 amide bonds. The number of hydrogen-bond acceptors (Lipinski definition) is 1. The number of carbonyl (C=O) groups excluding carboxylic acids is 1. The van der Waals surface area contributed by atoms with Gasteiger partial charge in [-0.15, -0.1) is 0 Å². The normalized spacial score (nSPS) is 11.5. The zero-order valence-electron chi connectivity index (χ0n) is 11.2. The number of amides is 1. The SMILES string of the molecule is CC(=O)NC(C)(C)Cc1cccc2ccccc12. The summed E-state index contributed by atoms with van der Waals surface area (Å²) in [5, 5.41) is 5.50. The summed E-state index contributed by atoms with van der Waals surface area (Å²) in [5.41, 5.74) is 1.04. The molecule has 0 atom stereocenters. The van der Waals surface area contributed by atoms with Gasteiger partial charge in [0.2, 0.25) is 5.91 Å². The first-order chi connectivity index (χ1) is 8.48. The van der Waals surface area contributed by atoms with Gasteiger partial charge in [-0.2, -0.15) is 0 Å². The molecule has 0 saturated carbocycles. The van der Waals surface area contributed by atoms with Crippen LogP contribution in [0.15, 0.2) is 42.5 Å². The van der Waals surface area contributed by atoms with Gasteiger partial charge >= 0.3 is 0 Å². The molecule has 0 heterocycles. The van der Waals surface area contributed by atoms with E-state index in [1.165, 1.54) is 16.3 Å². The quantitative estimate of drug-likeness (QED) is 0.877. The zero-order valence-corrected chi connectivity index (χ0v) is 11.2. The second kappa shape index (κ2) is 4.81. The van der Waals surface area contributed by atoms with Crippen molar-refractivity contribution in [2.45, 2.75) is 32.7 Å². The minimum atomic E-state index is -0.226. The van der Waals surface area contributed by atoms with Crippen molar-refractivity contribution >= 4 is 16.7 Å². The van der Waals surface area contributed by atoms with Gasteiger partial charge in [0.05, 0.1) is 0 Å². The maximum atomic E-state index is 11.2. The highest BCUT2D eigenvalue weighted by atomic mass is 16.1. The largest absolute Gasteiger partial charge is 0.351 e. The molecule has 0 aliphatic rings. The number of rotatable bonds is 3. The van der Waals surface area contributed by atoms with E-state index in [1.54, 1.807) is 6.92 Å². The monoisotopic (exact) mass is 241 g/mol. The van der Waals surface area contributed by atoms with Gasteiger partial charge in [-0.1, -0.05) is 42.5 Å². The molecule has 18 heavy (non-hydrogen) atoms. The van der Waals surface area contributed by atoms with Gasteiger partial charge in [0.15, 0.2) is 0 Å². The summed E-state index contributed by atoms with van der Waals surface area (Å²) in [6.07, 6.45) is 0.827. The molecule has 2 heteroatoms. The molecular weight excluding hydrogens is 222 g/mol. The van der Waals surface area contributed by atoms with Crippen molar-refractivity contribution in [1.82, 2.24) is 5.32 Å². The summed E-state index contributed by atoms with van der Waals surface area (Å²) >= 11 is 0. The molecule has 1 N–H and O–H groups in total. The van der Waals surface area contributed by atoms with Crippen LogP contribution < -0.4 is 5.32 Å². The fourth-order valence-electron chi connectivity index (χ4n) is 2.44. The van der Waals surface area contributed by atoms with Gasteiger partial charge in [-0.3, -0.25) is 4.79 Å². The van der Waals surface area contributed by atoms with Crippen LogP contribution in [0.5, 0.6) is 0 Å². The fourth-order valence-corrected chi connectivity index (χ4v) is 2.44. The van der Waals surface area contributed by atoms with Crippen molar-refractivity contribution in [3.63, 3.8) is 0 Å². The predicted octanol–water partition coefficient (Wildman–Crippen LogP) is 3.30. The number of benzene rings is 2. The van der Waals surface area contributed by atoms with E-state index in [-0.39, 0.29) is 11.4 Å². The molecular formula is C16H19NO. The Morgan fingerprint density at radius 3 is 2.50 bits per heavy atom. The topological polar surface area (TPSA) is 29.1 Å². The Balaban J connectivity index is 2.34. The van der Waals surface area contributed by atoms with Crippen LogP contribution in [0.25, 0.3) is 10.8 Å². The Morgan fingerprint density at radius 1 is 1.11 bits per heavy atom. The minimum absolute atomic E-state index is 0.0141. The third-order valence-corrected chi connectivity index (χ3v) is 3.03. The highest BCUT2D eigenvalue weighted by Gasteiger charge is 2.20. The Labute approximate surface area is 108 Å². The summed E-state index contributed by atoms with van der Waals surface area (Å²) in [6, 6.07) is 14.7. The van der Waals surface area contributed by atoms with Crippen LogP contribution in [0.3, 0.4) is 0 Å². The fraction of sp³-hybridized carbons (Fsp3) is 0.312. The van der Waals surface area contributed by atoms with Gasteiger partial charge in [-0.25, -0.2) is 0 Å². The maximum absolute atomic E-state index is 11.2. The van der Waals surface area contributed by atoms with E-state index < -0.39 is 0 Å². The molecule has 0 spiro atoms. The lowest BCUT2D eigenvalue weighted by molar-refractivity contribution is -0.120. The second-order valence-electron chi connectivity index (χ2n) is 5.38. The Hall–Kier alpha value is -1.83. The number of fused-ring (bicyclic) bond motifs is 1. The first-order valence-electron chi connectivity index (χ1n) is 6.23. The molecule has 0 aliphatic carbocycles. The molecule has 94 valence electrons. The third-order valence-electron chi connectivity index (χ3n) is 3.03. The average Bonchev–Trinajstić information content (AvgIpc) is 2.27. The van der Waals surface area contributed by atoms with Crippen LogP contribution in [0, 0.1) is 0 Å². The van der Waals surface area contributed by atoms with Crippen molar-refractivity contribution in [3.8, 4) is 0 Å². The Bertz CT molecular complexity index is 567. The van der Waals surface area contributed by atoms with E-state index in [2.05, 4.69) is 55.6 Å². The molecule has 0 aliphatic heterocycles. The van der Waals surface area contributed by atoms with Gasteiger partial charge in [0, 0.05) is 12.5 Å². The van der Waals surface area contributed by atoms with Gasteiger partial charge in [0.1, 0.15) is 0 Å². The minimum Gasteiger partial charge on any atom is -0.351 e. The maximum Gasteiger partial charge on any atom is 0.217 e. The number of nitrogens with one attached hydrogen (secondary N) is 1. The van der Waals surface area contributed by atoms with E-state index in [0.29, 0.717) is 0 Å². The zero-order chi connectivity index (χ0) is 13.2. The molecule has 2 aromatic rings. The first kappa shape index (κ1) is 12.6. The molecule has 0 saturated heterocycles. The molecule has 0 bridgehead atoms. The van der Waals surface area contributed by atoms with Crippen LogP contribution in [-0.2, 0) is 11.2 Å². The first-order valence-corrected chi connectivity index (χ1v) is 6.23. The van der Waals surface area contributed by atoms with Gasteiger partial charge < -0.3 is 5.32 Å². The molecule has 2 rings (SSSR count). The summed E-state index contributed by atoms with van der Waals surface area (Å²) in [4.78, 5) is 11.2. The Kier molecular flexibility index (Phi) is 3.37. The highest BCUT2D eigenvalue weighted by molar-refractivity contribution is 5.85. The third kappa shape index (κ3) is 2.89. The van der Waals surface area contributed by atoms with E-state index in [4.69, 9.17) is 0 Å². The van der Waals surface area contributed by atoms with Crippen LogP contribution in [0.2, 0.25) is 0 Å². The highest BCUT2D eigenvalue weighted by Crippen LogP contribution is 2.22. The molecule has 0 fully saturated rings. The molecule has 2 nitrogen and oxygen atoms in total. The van der Waals surface area contributed by atoms with Crippen molar-refractivity contribution in [2.75, 3.05) is 0 Å². The number of carbonyl (C=O) groups is 1. The lowest BCUT2D eigenvalue weighted by Crippen LogP contribution is -2.44. The van der Waals surface area contributed by atoms with E-state index in [1.807, 2.05) is 6.07 Å². The van der Waals surface area contributed by atoms with Crippen molar-refractivity contribution in [2.24, 2.45) is 0 Å². The van der Waals surface area contributed by atoms with Gasteiger partial charge in [0.25, 0.3) is 0 Å². The average molecular weight is 241 g/mol. The summed E-state index contributed by atoms with van der Waals surface area (Å²) in [6.45, 7) is 5.66. The van der Waals surface area contributed by atoms with Crippen molar-refractivity contribution < 1.29 is 4.79 Å². The summed E-state index contributed by atoms with van der Waals surface area (Å²) in [5.74, 6) is 0.0141. The standard InChI is InChI=1S/C16H19NO/c1-12(18)17-16(2,3)11-14-9-6-8-13-7-4-5-10-15(13)14/h4-10H,11H2,1-3H3,(H,17,18). The van der Waals surface area contributed by atoms with E-state index >= 15 is 0 Å².